The van der Waals surface area contributed by atoms with Crippen molar-refractivity contribution in [2.45, 2.75) is 18.9 Å². The van der Waals surface area contributed by atoms with E-state index in [9.17, 15) is 4.79 Å². The first kappa shape index (κ1) is 9.25. The maximum absolute atomic E-state index is 11.0. The van der Waals surface area contributed by atoms with Gasteiger partial charge >= 0.3 is 5.97 Å². The highest BCUT2D eigenvalue weighted by Gasteiger charge is 2.30. The Kier molecular flexibility index (Phi) is 3.12. The molecule has 1 aliphatic heterocycles. The quantitative estimate of drug-likeness (QED) is 0.407. The molecule has 1 saturated heterocycles. The molecule has 1 atom stereocenters. The molecule has 11 heavy (non-hydrogen) atoms. The number of carbonyl (C=O) groups is 1. The van der Waals surface area contributed by atoms with E-state index in [1.165, 1.54) is 0 Å². The summed E-state index contributed by atoms with van der Waals surface area (Å²) in [6.45, 7) is 2.90. The van der Waals surface area contributed by atoms with Crippen LogP contribution in [-0.2, 0) is 14.3 Å². The number of esters is 1. The Labute approximate surface area is 79.6 Å². The van der Waals surface area contributed by atoms with Crippen LogP contribution in [-0.4, -0.2) is 29.2 Å². The molecule has 0 aromatic rings. The van der Waals surface area contributed by atoms with E-state index in [2.05, 4.69) is 22.6 Å². The average Bonchev–Trinajstić information content (AvgIpc) is 2.13. The van der Waals surface area contributed by atoms with Crippen molar-refractivity contribution in [1.82, 2.24) is 0 Å². The number of alkyl halides is 1. The normalized spacial score (nSPS) is 32.7. The molecular formula is C7H11IO3. The zero-order chi connectivity index (χ0) is 8.32. The first-order valence-electron chi connectivity index (χ1n) is 3.52. The summed E-state index contributed by atoms with van der Waals surface area (Å²) in [7, 11) is 0. The monoisotopic (exact) mass is 270 g/mol. The number of hydrogen-bond donors (Lipinski definition) is 0. The second-order valence-electron chi connectivity index (χ2n) is 2.86. The van der Waals surface area contributed by atoms with Gasteiger partial charge in [0, 0.05) is 4.43 Å². The highest BCUT2D eigenvalue weighted by Crippen LogP contribution is 2.18. The summed E-state index contributed by atoms with van der Waals surface area (Å²) in [4.78, 5) is 11.0. The van der Waals surface area contributed by atoms with Gasteiger partial charge in [0.15, 0.2) is 0 Å². The standard InChI is InChI=1S/C7H11IO3/c1-7(4-8)5-10-3-2-6(9)11-7/h2-5H2,1H3. The summed E-state index contributed by atoms with van der Waals surface area (Å²) in [5.74, 6) is -0.151. The Balaban J connectivity index is 2.58. The van der Waals surface area contributed by atoms with E-state index in [1.54, 1.807) is 0 Å². The summed E-state index contributed by atoms with van der Waals surface area (Å²) < 4.78 is 11.2. The number of cyclic esters (lactones) is 1. The van der Waals surface area contributed by atoms with Crippen LogP contribution in [0.15, 0.2) is 0 Å². The van der Waals surface area contributed by atoms with Gasteiger partial charge in [0.25, 0.3) is 0 Å². The highest BCUT2D eigenvalue weighted by molar-refractivity contribution is 14.1. The second-order valence-corrected chi connectivity index (χ2v) is 3.62. The van der Waals surface area contributed by atoms with Crippen molar-refractivity contribution in [3.05, 3.63) is 0 Å². The summed E-state index contributed by atoms with van der Waals surface area (Å²) in [5, 5.41) is 0. The fraction of sp³-hybridized carbons (Fsp3) is 0.857. The van der Waals surface area contributed by atoms with Crippen molar-refractivity contribution < 1.29 is 14.3 Å². The third-order valence-corrected chi connectivity index (χ3v) is 3.11. The highest BCUT2D eigenvalue weighted by atomic mass is 127. The van der Waals surface area contributed by atoms with Crippen molar-refractivity contribution in [3.8, 4) is 0 Å². The minimum absolute atomic E-state index is 0.151. The zero-order valence-corrected chi connectivity index (χ0v) is 8.59. The fourth-order valence-electron chi connectivity index (χ4n) is 0.865. The molecule has 0 saturated carbocycles. The Bertz CT molecular complexity index is 160. The van der Waals surface area contributed by atoms with Crippen LogP contribution in [0.3, 0.4) is 0 Å². The molecule has 1 aliphatic rings. The van der Waals surface area contributed by atoms with Crippen molar-refractivity contribution in [2.24, 2.45) is 0 Å². The summed E-state index contributed by atoms with van der Waals surface area (Å²) in [6, 6.07) is 0. The second kappa shape index (κ2) is 3.71. The van der Waals surface area contributed by atoms with Crippen LogP contribution >= 0.6 is 22.6 Å². The van der Waals surface area contributed by atoms with E-state index in [0.29, 0.717) is 19.6 Å². The molecule has 1 fully saturated rings. The predicted molar refractivity (Wildman–Crippen MR) is 48.8 cm³/mol. The van der Waals surface area contributed by atoms with Gasteiger partial charge in [0.1, 0.15) is 5.60 Å². The molecule has 64 valence electrons. The van der Waals surface area contributed by atoms with Crippen LogP contribution in [0.5, 0.6) is 0 Å². The maximum atomic E-state index is 11.0. The maximum Gasteiger partial charge on any atom is 0.308 e. The smallest absolute Gasteiger partial charge is 0.308 e. The minimum Gasteiger partial charge on any atom is -0.456 e. The molecule has 0 aromatic heterocycles. The van der Waals surface area contributed by atoms with Gasteiger partial charge in [0.2, 0.25) is 0 Å². The predicted octanol–water partition coefficient (Wildman–Crippen LogP) is 1.14. The number of carbonyl (C=O) groups excluding carboxylic acids is 1. The van der Waals surface area contributed by atoms with E-state index in [4.69, 9.17) is 9.47 Å². The van der Waals surface area contributed by atoms with Gasteiger partial charge in [-0.2, -0.15) is 0 Å². The fourth-order valence-corrected chi connectivity index (χ4v) is 1.24. The average molecular weight is 270 g/mol. The van der Waals surface area contributed by atoms with Crippen LogP contribution in [0.1, 0.15) is 13.3 Å². The van der Waals surface area contributed by atoms with Crippen LogP contribution < -0.4 is 0 Å². The molecule has 0 aromatic carbocycles. The van der Waals surface area contributed by atoms with Crippen LogP contribution in [0.25, 0.3) is 0 Å². The van der Waals surface area contributed by atoms with E-state index in [-0.39, 0.29) is 5.97 Å². The van der Waals surface area contributed by atoms with Crippen LogP contribution in [0, 0.1) is 0 Å². The van der Waals surface area contributed by atoms with Crippen molar-refractivity contribution in [1.29, 1.82) is 0 Å². The topological polar surface area (TPSA) is 35.5 Å². The summed E-state index contributed by atoms with van der Waals surface area (Å²) in [6.07, 6.45) is 0.381. The molecule has 0 bridgehead atoms. The molecule has 4 heteroatoms. The molecule has 0 amide bonds. The number of rotatable bonds is 1. The van der Waals surface area contributed by atoms with Gasteiger partial charge in [-0.1, -0.05) is 22.6 Å². The SMILES string of the molecule is CC1(CI)COCCC(=O)O1. The number of hydrogen-bond acceptors (Lipinski definition) is 3. The molecule has 1 rings (SSSR count). The Morgan fingerprint density at radius 1 is 1.73 bits per heavy atom. The molecule has 0 aliphatic carbocycles. The van der Waals surface area contributed by atoms with Gasteiger partial charge < -0.3 is 9.47 Å². The van der Waals surface area contributed by atoms with Gasteiger partial charge in [0.05, 0.1) is 19.6 Å². The summed E-state index contributed by atoms with van der Waals surface area (Å²) >= 11 is 2.19. The molecule has 0 radical (unpaired) electrons. The lowest BCUT2D eigenvalue weighted by Gasteiger charge is -2.24. The minimum atomic E-state index is -0.409. The number of ether oxygens (including phenoxy) is 2. The molecule has 1 unspecified atom stereocenters. The Morgan fingerprint density at radius 2 is 2.45 bits per heavy atom. The van der Waals surface area contributed by atoms with Crippen molar-refractivity contribution >= 4 is 28.6 Å². The summed E-state index contributed by atoms with van der Waals surface area (Å²) in [5.41, 5.74) is -0.409. The lowest BCUT2D eigenvalue weighted by Crippen LogP contribution is -2.36. The molecule has 0 spiro atoms. The number of halogens is 1. The van der Waals surface area contributed by atoms with E-state index in [1.807, 2.05) is 6.92 Å². The van der Waals surface area contributed by atoms with Crippen LogP contribution in [0.4, 0.5) is 0 Å². The van der Waals surface area contributed by atoms with Gasteiger partial charge in [-0.25, -0.2) is 0 Å². The first-order valence-corrected chi connectivity index (χ1v) is 5.04. The van der Waals surface area contributed by atoms with Crippen LogP contribution in [0.2, 0.25) is 0 Å². The Hall–Kier alpha value is 0.160. The third kappa shape index (κ3) is 2.59. The van der Waals surface area contributed by atoms with Gasteiger partial charge in [-0.05, 0) is 6.92 Å². The van der Waals surface area contributed by atoms with E-state index >= 15 is 0 Å². The van der Waals surface area contributed by atoms with Crippen molar-refractivity contribution in [3.63, 3.8) is 0 Å². The van der Waals surface area contributed by atoms with Crippen molar-refractivity contribution in [2.75, 3.05) is 17.6 Å². The molecule has 1 heterocycles. The van der Waals surface area contributed by atoms with E-state index in [0.717, 1.165) is 4.43 Å². The molecular weight excluding hydrogens is 259 g/mol. The lowest BCUT2D eigenvalue weighted by molar-refractivity contribution is -0.154. The van der Waals surface area contributed by atoms with Gasteiger partial charge in [-0.15, -0.1) is 0 Å². The van der Waals surface area contributed by atoms with Gasteiger partial charge in [-0.3, -0.25) is 4.79 Å². The Morgan fingerprint density at radius 3 is 3.09 bits per heavy atom. The molecule has 3 nitrogen and oxygen atoms in total. The first-order chi connectivity index (χ1) is 5.16. The largest absolute Gasteiger partial charge is 0.456 e. The third-order valence-electron chi connectivity index (χ3n) is 1.50. The zero-order valence-electron chi connectivity index (χ0n) is 6.43. The lowest BCUT2D eigenvalue weighted by atomic mass is 10.1. The van der Waals surface area contributed by atoms with E-state index < -0.39 is 5.60 Å². The molecule has 0 N–H and O–H groups in total.